The molecule has 2 heterocycles. The summed E-state index contributed by atoms with van der Waals surface area (Å²) < 4.78 is 1.76. The lowest BCUT2D eigenvalue weighted by atomic mass is 10.1. The summed E-state index contributed by atoms with van der Waals surface area (Å²) in [5.41, 5.74) is 8.01. The largest absolute Gasteiger partial charge is 0.390 e. The van der Waals surface area contributed by atoms with E-state index in [1.807, 2.05) is 6.92 Å². The molecule has 7 heteroatoms. The number of aliphatic hydroxyl groups is 3. The molecule has 0 unspecified atom stereocenters. The van der Waals surface area contributed by atoms with E-state index in [1.165, 1.54) is 0 Å². The van der Waals surface area contributed by atoms with Gasteiger partial charge in [0.2, 0.25) is 0 Å². The highest BCUT2D eigenvalue weighted by Crippen LogP contribution is 2.34. The summed E-state index contributed by atoms with van der Waals surface area (Å²) in [5, 5.41) is 29.3. The van der Waals surface area contributed by atoms with Gasteiger partial charge in [-0.3, -0.25) is 0 Å². The maximum Gasteiger partial charge on any atom is 0.151 e. The average molecular weight is 264 g/mol. The fourth-order valence-corrected chi connectivity index (χ4v) is 2.74. The molecule has 102 valence electrons. The van der Waals surface area contributed by atoms with Gasteiger partial charge in [0, 0.05) is 6.20 Å². The Labute approximate surface area is 109 Å². The van der Waals surface area contributed by atoms with Gasteiger partial charge in [0.05, 0.1) is 24.0 Å². The Morgan fingerprint density at radius 2 is 2.00 bits per heavy atom. The second-order valence-electron chi connectivity index (χ2n) is 5.03. The van der Waals surface area contributed by atoms with Gasteiger partial charge in [-0.2, -0.15) is 0 Å². The molecule has 0 aliphatic heterocycles. The van der Waals surface area contributed by atoms with E-state index in [2.05, 4.69) is 9.97 Å². The second-order valence-corrected chi connectivity index (χ2v) is 5.03. The van der Waals surface area contributed by atoms with Crippen molar-refractivity contribution in [2.75, 3.05) is 5.73 Å². The van der Waals surface area contributed by atoms with Crippen molar-refractivity contribution < 1.29 is 15.3 Å². The van der Waals surface area contributed by atoms with Crippen molar-refractivity contribution in [3.05, 3.63) is 18.1 Å². The lowest BCUT2D eigenvalue weighted by molar-refractivity contribution is -0.0244. The van der Waals surface area contributed by atoms with Crippen molar-refractivity contribution in [3.8, 4) is 0 Å². The minimum Gasteiger partial charge on any atom is -0.390 e. The van der Waals surface area contributed by atoms with E-state index in [-0.39, 0.29) is 6.42 Å². The van der Waals surface area contributed by atoms with Crippen LogP contribution in [0.4, 0.5) is 5.82 Å². The van der Waals surface area contributed by atoms with Crippen molar-refractivity contribution in [2.24, 2.45) is 0 Å². The van der Waals surface area contributed by atoms with Gasteiger partial charge in [0.25, 0.3) is 0 Å². The monoisotopic (exact) mass is 264 g/mol. The van der Waals surface area contributed by atoms with E-state index < -0.39 is 24.4 Å². The Kier molecular flexibility index (Phi) is 2.70. The van der Waals surface area contributed by atoms with E-state index in [0.29, 0.717) is 11.3 Å². The number of hydrogen-bond acceptors (Lipinski definition) is 6. The number of pyridine rings is 1. The molecule has 3 rings (SSSR count). The minimum absolute atomic E-state index is 0.273. The molecule has 0 bridgehead atoms. The standard InChI is InChI=1S/C12H16N4O3/c1-5-3-14-12(13)8-9(5)16(4-15-8)6-2-7(17)11(19)10(6)18/h3-4,6-7,10-11,17-19H,2H2,1H3,(H2,13,14)/t6-,7+,10+,11-/m1/s1. The molecule has 1 saturated carbocycles. The van der Waals surface area contributed by atoms with E-state index >= 15 is 0 Å². The zero-order valence-corrected chi connectivity index (χ0v) is 10.4. The van der Waals surface area contributed by atoms with Gasteiger partial charge in [-0.25, -0.2) is 9.97 Å². The molecule has 1 aliphatic rings. The average Bonchev–Trinajstić information content (AvgIpc) is 2.92. The van der Waals surface area contributed by atoms with Gasteiger partial charge >= 0.3 is 0 Å². The SMILES string of the molecule is Cc1cnc(N)c2ncn([C@@H]3C[C@H](O)[C@@H](O)[C@H]3O)c12. The first-order valence-corrected chi connectivity index (χ1v) is 6.12. The molecule has 5 N–H and O–H groups in total. The first-order valence-electron chi connectivity index (χ1n) is 6.12. The van der Waals surface area contributed by atoms with Crippen LogP contribution >= 0.6 is 0 Å². The minimum atomic E-state index is -1.14. The first-order chi connectivity index (χ1) is 9.00. The number of nitrogen functional groups attached to an aromatic ring is 1. The van der Waals surface area contributed by atoms with Crippen molar-refractivity contribution in [1.82, 2.24) is 14.5 Å². The van der Waals surface area contributed by atoms with Crippen molar-refractivity contribution in [1.29, 1.82) is 0 Å². The zero-order valence-electron chi connectivity index (χ0n) is 10.4. The normalized spacial score (nSPS) is 31.2. The van der Waals surface area contributed by atoms with Gasteiger partial charge in [0.1, 0.15) is 17.7 Å². The van der Waals surface area contributed by atoms with Gasteiger partial charge < -0.3 is 25.6 Å². The Hall–Kier alpha value is -1.70. The van der Waals surface area contributed by atoms with E-state index in [4.69, 9.17) is 5.73 Å². The number of nitrogens with two attached hydrogens (primary N) is 1. The summed E-state index contributed by atoms with van der Waals surface area (Å²) in [6.45, 7) is 1.88. The quantitative estimate of drug-likeness (QED) is 0.543. The Morgan fingerprint density at radius 1 is 1.26 bits per heavy atom. The summed E-state index contributed by atoms with van der Waals surface area (Å²) >= 11 is 0. The molecule has 7 nitrogen and oxygen atoms in total. The van der Waals surface area contributed by atoms with Crippen LogP contribution in [0, 0.1) is 6.92 Å². The first kappa shape index (κ1) is 12.3. The van der Waals surface area contributed by atoms with Crippen LogP contribution in [0.3, 0.4) is 0 Å². The van der Waals surface area contributed by atoms with E-state index in [0.717, 1.165) is 11.1 Å². The molecule has 0 amide bonds. The summed E-state index contributed by atoms with van der Waals surface area (Å²) in [4.78, 5) is 8.25. The predicted molar refractivity (Wildman–Crippen MR) is 68.4 cm³/mol. The van der Waals surface area contributed by atoms with Crippen LogP contribution < -0.4 is 5.73 Å². The molecule has 0 radical (unpaired) electrons. The molecule has 0 saturated heterocycles. The van der Waals surface area contributed by atoms with Crippen LogP contribution in [0.5, 0.6) is 0 Å². The maximum absolute atomic E-state index is 10.0. The van der Waals surface area contributed by atoms with E-state index in [1.54, 1.807) is 17.1 Å². The Morgan fingerprint density at radius 3 is 2.63 bits per heavy atom. The highest BCUT2D eigenvalue weighted by molar-refractivity contribution is 5.87. The Bertz CT molecular complexity index is 627. The summed E-state index contributed by atoms with van der Waals surface area (Å²) in [6.07, 6.45) is 0.383. The summed E-state index contributed by atoms with van der Waals surface area (Å²) in [6, 6.07) is -0.421. The van der Waals surface area contributed by atoms with Gasteiger partial charge in [-0.1, -0.05) is 0 Å². The lowest BCUT2D eigenvalue weighted by Gasteiger charge is -2.19. The number of imidazole rings is 1. The molecule has 2 aromatic heterocycles. The molecule has 1 aliphatic carbocycles. The van der Waals surface area contributed by atoms with Crippen LogP contribution in [0.15, 0.2) is 12.5 Å². The number of aliphatic hydroxyl groups excluding tert-OH is 3. The molecule has 1 fully saturated rings. The summed E-state index contributed by atoms with van der Waals surface area (Å²) in [5.74, 6) is 0.327. The van der Waals surface area contributed by atoms with Crippen LogP contribution in [-0.2, 0) is 0 Å². The third kappa shape index (κ3) is 1.70. The number of rotatable bonds is 1. The van der Waals surface area contributed by atoms with Gasteiger partial charge in [-0.05, 0) is 18.9 Å². The number of nitrogens with zero attached hydrogens (tertiary/aromatic N) is 3. The van der Waals surface area contributed by atoms with Crippen LogP contribution in [0.25, 0.3) is 11.0 Å². The molecular weight excluding hydrogens is 248 g/mol. The lowest BCUT2D eigenvalue weighted by Crippen LogP contribution is -2.31. The highest BCUT2D eigenvalue weighted by Gasteiger charge is 2.42. The molecule has 4 atom stereocenters. The number of aryl methyl sites for hydroxylation is 1. The zero-order chi connectivity index (χ0) is 13.7. The third-order valence-electron chi connectivity index (χ3n) is 3.79. The van der Waals surface area contributed by atoms with Crippen molar-refractivity contribution in [3.63, 3.8) is 0 Å². The number of fused-ring (bicyclic) bond motifs is 1. The Balaban J connectivity index is 2.14. The van der Waals surface area contributed by atoms with E-state index in [9.17, 15) is 15.3 Å². The predicted octanol–water partition coefficient (Wildman–Crippen LogP) is -0.651. The highest BCUT2D eigenvalue weighted by atomic mass is 16.4. The molecule has 19 heavy (non-hydrogen) atoms. The van der Waals surface area contributed by atoms with Crippen LogP contribution in [0.1, 0.15) is 18.0 Å². The van der Waals surface area contributed by atoms with Crippen molar-refractivity contribution in [2.45, 2.75) is 37.7 Å². The summed E-state index contributed by atoms with van der Waals surface area (Å²) in [7, 11) is 0. The van der Waals surface area contributed by atoms with Crippen molar-refractivity contribution >= 4 is 16.9 Å². The fraction of sp³-hybridized carbons (Fsp3) is 0.500. The fourth-order valence-electron chi connectivity index (χ4n) is 2.74. The van der Waals surface area contributed by atoms with Crippen LogP contribution in [0.2, 0.25) is 0 Å². The molecule has 0 spiro atoms. The van der Waals surface area contributed by atoms with Gasteiger partial charge in [-0.15, -0.1) is 0 Å². The second kappa shape index (κ2) is 4.16. The topological polar surface area (TPSA) is 117 Å². The number of hydrogen-bond donors (Lipinski definition) is 4. The van der Waals surface area contributed by atoms with Crippen LogP contribution in [-0.4, -0.2) is 48.2 Å². The third-order valence-corrected chi connectivity index (χ3v) is 3.79. The van der Waals surface area contributed by atoms with Gasteiger partial charge in [0.15, 0.2) is 5.82 Å². The number of anilines is 1. The maximum atomic E-state index is 10.0. The molecular formula is C12H16N4O3. The molecule has 0 aromatic carbocycles. The molecule has 2 aromatic rings. The number of aromatic nitrogens is 3. The smallest absolute Gasteiger partial charge is 0.151 e.